The number of carbonyl (C=O) groups excluding carboxylic acids is 1. The monoisotopic (exact) mass is 511 g/mol. The first-order valence-corrected chi connectivity index (χ1v) is 13.7. The minimum Gasteiger partial charge on any atom is -0.496 e. The predicted octanol–water partition coefficient (Wildman–Crippen LogP) is 3.63. The van der Waals surface area contributed by atoms with E-state index in [1.54, 1.807) is 29.9 Å². The first-order valence-electron chi connectivity index (χ1n) is 12.2. The second-order valence-corrected chi connectivity index (χ2v) is 11.5. The van der Waals surface area contributed by atoms with Crippen molar-refractivity contribution in [3.8, 4) is 5.75 Å². The van der Waals surface area contributed by atoms with Gasteiger partial charge in [0, 0.05) is 43.3 Å². The van der Waals surface area contributed by atoms with Gasteiger partial charge in [0.25, 0.3) is 5.91 Å². The molecule has 0 bridgehead atoms. The van der Waals surface area contributed by atoms with Crippen molar-refractivity contribution >= 4 is 26.8 Å². The summed E-state index contributed by atoms with van der Waals surface area (Å²) in [7, 11) is -2.22. The molecule has 2 atom stereocenters. The van der Waals surface area contributed by atoms with Crippen LogP contribution in [0, 0.1) is 11.8 Å². The van der Waals surface area contributed by atoms with Gasteiger partial charge in [0.15, 0.2) is 0 Å². The maximum absolute atomic E-state index is 13.5. The van der Waals surface area contributed by atoms with E-state index in [4.69, 9.17) is 4.74 Å². The molecule has 0 radical (unpaired) electrons. The number of aromatic nitrogens is 1. The number of hydrogen-bond acceptors (Lipinski definition) is 5. The summed E-state index contributed by atoms with van der Waals surface area (Å²) in [4.78, 5) is 26.6. The standard InChI is InChI=1S/C27H33N3O5S/c1-5-29-17-23(27(32)28-14-20-8-6-7-9-25(20)35-4)26(31)22-13-21(10-11-24(22)29)36(33,34)30-15-18(2)12-19(3)16-30/h6-11,13,17-19H,5,12,14-16H2,1-4H3,(H,28,32)/t18-,19-/m1/s1. The number of nitrogens with zero attached hydrogens (tertiary/aromatic N) is 2. The molecule has 9 heteroatoms. The molecule has 36 heavy (non-hydrogen) atoms. The van der Waals surface area contributed by atoms with Crippen LogP contribution in [-0.4, -0.2) is 43.4 Å². The molecular formula is C27H33N3O5S. The summed E-state index contributed by atoms with van der Waals surface area (Å²) in [6.07, 6.45) is 2.52. The fourth-order valence-electron chi connectivity index (χ4n) is 5.03. The number of aryl methyl sites for hydroxylation is 1. The highest BCUT2D eigenvalue weighted by Gasteiger charge is 2.32. The Labute approximate surface area is 211 Å². The van der Waals surface area contributed by atoms with Crippen molar-refractivity contribution < 1.29 is 17.9 Å². The third-order valence-electron chi connectivity index (χ3n) is 6.74. The van der Waals surface area contributed by atoms with Gasteiger partial charge in [-0.15, -0.1) is 0 Å². The van der Waals surface area contributed by atoms with Crippen LogP contribution in [0.1, 0.15) is 43.1 Å². The first kappa shape index (κ1) is 25.9. The molecule has 1 aromatic heterocycles. The Balaban J connectivity index is 1.71. The Hall–Kier alpha value is -3.17. The van der Waals surface area contributed by atoms with E-state index in [0.717, 1.165) is 12.0 Å². The maximum Gasteiger partial charge on any atom is 0.257 e. The number of methoxy groups -OCH3 is 1. The molecule has 4 rings (SSSR count). The van der Waals surface area contributed by atoms with E-state index >= 15 is 0 Å². The lowest BCUT2D eigenvalue weighted by Crippen LogP contribution is -2.42. The molecular weight excluding hydrogens is 478 g/mol. The van der Waals surface area contributed by atoms with Crippen molar-refractivity contribution in [3.05, 3.63) is 70.0 Å². The number of fused-ring (bicyclic) bond motifs is 1. The highest BCUT2D eigenvalue weighted by molar-refractivity contribution is 7.89. The van der Waals surface area contributed by atoms with Gasteiger partial charge >= 0.3 is 0 Å². The van der Waals surface area contributed by atoms with Gasteiger partial charge in [-0.1, -0.05) is 32.0 Å². The zero-order valence-electron chi connectivity index (χ0n) is 21.2. The Morgan fingerprint density at radius 1 is 1.11 bits per heavy atom. The third kappa shape index (κ3) is 5.03. The average molecular weight is 512 g/mol. The number of carbonyl (C=O) groups is 1. The van der Waals surface area contributed by atoms with E-state index in [9.17, 15) is 18.0 Å². The molecule has 1 fully saturated rings. The molecule has 2 heterocycles. The third-order valence-corrected chi connectivity index (χ3v) is 8.57. The molecule has 0 unspecified atom stereocenters. The molecule has 3 aromatic rings. The summed E-state index contributed by atoms with van der Waals surface area (Å²) in [5.74, 6) is 0.639. The van der Waals surface area contributed by atoms with Gasteiger partial charge in [0.1, 0.15) is 11.3 Å². The second kappa shape index (κ2) is 10.4. The summed E-state index contributed by atoms with van der Waals surface area (Å²) in [5.41, 5.74) is 0.838. The van der Waals surface area contributed by atoms with Gasteiger partial charge in [-0.25, -0.2) is 8.42 Å². The van der Waals surface area contributed by atoms with E-state index in [1.165, 1.54) is 16.6 Å². The number of sulfonamides is 1. The lowest BCUT2D eigenvalue weighted by Gasteiger charge is -2.34. The molecule has 1 saturated heterocycles. The SMILES string of the molecule is CCn1cc(C(=O)NCc2ccccc2OC)c(=O)c2cc(S(=O)(=O)N3C[C@H](C)C[C@@H](C)C3)ccc21. The van der Waals surface area contributed by atoms with E-state index in [-0.39, 0.29) is 34.2 Å². The molecule has 1 N–H and O–H groups in total. The van der Waals surface area contributed by atoms with Gasteiger partial charge in [-0.3, -0.25) is 9.59 Å². The molecule has 192 valence electrons. The number of amides is 1. The maximum atomic E-state index is 13.5. The Kier molecular flexibility index (Phi) is 7.51. The van der Waals surface area contributed by atoms with Crippen LogP contribution in [0.5, 0.6) is 5.75 Å². The molecule has 0 aliphatic carbocycles. The van der Waals surface area contributed by atoms with Gasteiger partial charge < -0.3 is 14.6 Å². The predicted molar refractivity (Wildman–Crippen MR) is 140 cm³/mol. The van der Waals surface area contributed by atoms with E-state index < -0.39 is 21.4 Å². The highest BCUT2D eigenvalue weighted by Crippen LogP contribution is 2.28. The number of nitrogens with one attached hydrogen (secondary N) is 1. The Morgan fingerprint density at radius 3 is 2.47 bits per heavy atom. The van der Waals surface area contributed by atoms with Gasteiger partial charge in [0.2, 0.25) is 15.5 Å². The molecule has 1 amide bonds. The first-order chi connectivity index (χ1) is 17.1. The Morgan fingerprint density at radius 2 is 1.81 bits per heavy atom. The van der Waals surface area contributed by atoms with Gasteiger partial charge in [-0.05, 0) is 49.4 Å². The van der Waals surface area contributed by atoms with Crippen molar-refractivity contribution in [3.63, 3.8) is 0 Å². The second-order valence-electron chi connectivity index (χ2n) is 9.60. The van der Waals surface area contributed by atoms with Crippen molar-refractivity contribution in [2.24, 2.45) is 11.8 Å². The van der Waals surface area contributed by atoms with Gasteiger partial charge in [-0.2, -0.15) is 4.31 Å². The highest BCUT2D eigenvalue weighted by atomic mass is 32.2. The lowest BCUT2D eigenvalue weighted by molar-refractivity contribution is 0.0949. The van der Waals surface area contributed by atoms with Crippen molar-refractivity contribution in [2.45, 2.75) is 45.2 Å². The van der Waals surface area contributed by atoms with E-state index in [1.807, 2.05) is 25.1 Å². The van der Waals surface area contributed by atoms with Crippen molar-refractivity contribution in [1.29, 1.82) is 0 Å². The molecule has 1 aliphatic rings. The van der Waals surface area contributed by atoms with Crippen LogP contribution in [0.25, 0.3) is 10.9 Å². The number of hydrogen-bond donors (Lipinski definition) is 1. The molecule has 0 saturated carbocycles. The van der Waals surface area contributed by atoms with E-state index in [0.29, 0.717) is 30.9 Å². The largest absolute Gasteiger partial charge is 0.496 e. The van der Waals surface area contributed by atoms with Crippen LogP contribution in [-0.2, 0) is 23.1 Å². The average Bonchev–Trinajstić information content (AvgIpc) is 2.87. The normalized spacial score (nSPS) is 18.8. The van der Waals surface area contributed by atoms with Crippen LogP contribution < -0.4 is 15.5 Å². The summed E-state index contributed by atoms with van der Waals surface area (Å²) in [6.45, 7) is 7.61. The Bertz CT molecular complexity index is 1440. The van der Waals surface area contributed by atoms with Gasteiger partial charge in [0.05, 0.1) is 17.5 Å². The number of benzene rings is 2. The molecule has 8 nitrogen and oxygen atoms in total. The summed E-state index contributed by atoms with van der Waals surface area (Å²) < 4.78 is 35.5. The topological polar surface area (TPSA) is 97.7 Å². The minimum absolute atomic E-state index is 0.0333. The van der Waals surface area contributed by atoms with E-state index in [2.05, 4.69) is 19.2 Å². The molecule has 1 aliphatic heterocycles. The fourth-order valence-corrected chi connectivity index (χ4v) is 6.74. The fraction of sp³-hybridized carbons (Fsp3) is 0.407. The molecule has 2 aromatic carbocycles. The number of rotatable bonds is 7. The zero-order chi connectivity index (χ0) is 26.0. The number of pyridine rings is 1. The number of para-hydroxylation sites is 1. The summed E-state index contributed by atoms with van der Waals surface area (Å²) in [6, 6.07) is 11.9. The smallest absolute Gasteiger partial charge is 0.257 e. The van der Waals surface area contributed by atoms with Crippen LogP contribution in [0.15, 0.2) is 58.4 Å². The van der Waals surface area contributed by atoms with Crippen LogP contribution in [0.3, 0.4) is 0 Å². The summed E-state index contributed by atoms with van der Waals surface area (Å²) >= 11 is 0. The van der Waals surface area contributed by atoms with Crippen LogP contribution in [0.4, 0.5) is 0 Å². The number of ether oxygens (including phenoxy) is 1. The quantitative estimate of drug-likeness (QED) is 0.523. The minimum atomic E-state index is -3.77. The summed E-state index contributed by atoms with van der Waals surface area (Å²) in [5, 5.41) is 3.00. The van der Waals surface area contributed by atoms with Crippen LogP contribution in [0.2, 0.25) is 0 Å². The van der Waals surface area contributed by atoms with Crippen molar-refractivity contribution in [2.75, 3.05) is 20.2 Å². The lowest BCUT2D eigenvalue weighted by atomic mass is 9.94. The number of piperidine rings is 1. The van der Waals surface area contributed by atoms with Crippen LogP contribution >= 0.6 is 0 Å². The zero-order valence-corrected chi connectivity index (χ0v) is 22.0. The molecule has 0 spiro atoms. The van der Waals surface area contributed by atoms with Crippen molar-refractivity contribution in [1.82, 2.24) is 14.2 Å².